The van der Waals surface area contributed by atoms with Crippen LogP contribution in [0.3, 0.4) is 0 Å². The number of nitrogens with one attached hydrogen (secondary N) is 1. The summed E-state index contributed by atoms with van der Waals surface area (Å²) in [6.45, 7) is 5.15. The van der Waals surface area contributed by atoms with Crippen molar-refractivity contribution < 1.29 is 4.79 Å². The maximum Gasteiger partial charge on any atom is 0.258 e. The van der Waals surface area contributed by atoms with E-state index >= 15 is 0 Å². The van der Waals surface area contributed by atoms with Crippen LogP contribution in [-0.4, -0.2) is 18.6 Å². The molecular weight excluding hydrogens is 202 g/mol. The van der Waals surface area contributed by atoms with Crippen LogP contribution >= 0.6 is 0 Å². The lowest BCUT2D eigenvalue weighted by Gasteiger charge is -2.02. The highest BCUT2D eigenvalue weighted by molar-refractivity contribution is 6.06. The van der Waals surface area contributed by atoms with Crippen LogP contribution in [0.1, 0.15) is 17.3 Å². The molecule has 0 spiro atoms. The molecule has 82 valence electrons. The molecule has 0 heterocycles. The van der Waals surface area contributed by atoms with Crippen molar-refractivity contribution in [1.29, 1.82) is 0 Å². The van der Waals surface area contributed by atoms with Crippen molar-refractivity contribution in [2.24, 2.45) is 9.98 Å². The predicted octanol–water partition coefficient (Wildman–Crippen LogP) is 2.01. The van der Waals surface area contributed by atoms with Crippen LogP contribution in [0.2, 0.25) is 0 Å². The van der Waals surface area contributed by atoms with Gasteiger partial charge in [-0.1, -0.05) is 24.3 Å². The molecule has 1 aromatic rings. The van der Waals surface area contributed by atoms with Gasteiger partial charge in [0.25, 0.3) is 5.91 Å². The standard InChI is InChI=1S/C12H13N3O/c1-3-9-14-12(13-2)15-11(16)10-7-5-4-6-8-10/h3-9H,2H2,1H3,(H,14,15,16)/b9-3-. The van der Waals surface area contributed by atoms with Crippen molar-refractivity contribution in [3.63, 3.8) is 0 Å². The summed E-state index contributed by atoms with van der Waals surface area (Å²) in [6, 6.07) is 8.85. The molecule has 1 N–H and O–H groups in total. The van der Waals surface area contributed by atoms with Gasteiger partial charge in [-0.25, -0.2) is 9.98 Å². The van der Waals surface area contributed by atoms with E-state index in [9.17, 15) is 4.79 Å². The maximum absolute atomic E-state index is 11.7. The van der Waals surface area contributed by atoms with Crippen molar-refractivity contribution in [1.82, 2.24) is 5.32 Å². The highest BCUT2D eigenvalue weighted by Gasteiger charge is 2.05. The van der Waals surface area contributed by atoms with E-state index in [-0.39, 0.29) is 11.9 Å². The molecule has 0 atom stereocenters. The highest BCUT2D eigenvalue weighted by atomic mass is 16.1. The molecule has 1 rings (SSSR count). The summed E-state index contributed by atoms with van der Waals surface area (Å²) in [7, 11) is 0. The Morgan fingerprint density at radius 2 is 2.06 bits per heavy atom. The van der Waals surface area contributed by atoms with Crippen LogP contribution in [0.15, 0.2) is 52.6 Å². The number of guanidine groups is 1. The number of nitrogens with zero attached hydrogens (tertiary/aromatic N) is 2. The number of hydrogen-bond donors (Lipinski definition) is 1. The zero-order chi connectivity index (χ0) is 11.8. The van der Waals surface area contributed by atoms with Gasteiger partial charge in [-0.3, -0.25) is 10.1 Å². The van der Waals surface area contributed by atoms with Gasteiger partial charge in [0.15, 0.2) is 0 Å². The van der Waals surface area contributed by atoms with Gasteiger partial charge in [-0.2, -0.15) is 0 Å². The third kappa shape index (κ3) is 3.49. The summed E-state index contributed by atoms with van der Waals surface area (Å²) < 4.78 is 0. The number of hydrogen-bond acceptors (Lipinski definition) is 2. The molecule has 0 bridgehead atoms. The third-order valence-electron chi connectivity index (χ3n) is 1.76. The second-order valence-electron chi connectivity index (χ2n) is 2.91. The first-order valence-corrected chi connectivity index (χ1v) is 4.80. The van der Waals surface area contributed by atoms with Crippen LogP contribution in [-0.2, 0) is 0 Å². The Morgan fingerprint density at radius 3 is 2.62 bits per heavy atom. The highest BCUT2D eigenvalue weighted by Crippen LogP contribution is 1.97. The monoisotopic (exact) mass is 215 g/mol. The lowest BCUT2D eigenvalue weighted by Crippen LogP contribution is -2.28. The lowest BCUT2D eigenvalue weighted by molar-refractivity contribution is 0.0976. The van der Waals surface area contributed by atoms with Crippen molar-refractivity contribution in [2.75, 3.05) is 0 Å². The number of amides is 1. The number of carbonyl (C=O) groups excluding carboxylic acids is 1. The van der Waals surface area contributed by atoms with E-state index in [4.69, 9.17) is 0 Å². The zero-order valence-electron chi connectivity index (χ0n) is 9.05. The summed E-state index contributed by atoms with van der Waals surface area (Å²) in [4.78, 5) is 19.2. The molecule has 0 radical (unpaired) electrons. The SMILES string of the molecule is C=NC(=N/C=C\C)NC(=O)c1ccccc1. The molecule has 1 aromatic carbocycles. The van der Waals surface area contributed by atoms with Gasteiger partial charge in [0.05, 0.1) is 0 Å². The second-order valence-corrected chi connectivity index (χ2v) is 2.91. The number of aliphatic imine (C=N–C) groups is 2. The minimum Gasteiger partial charge on any atom is -0.290 e. The normalized spacial score (nSPS) is 11.4. The molecular formula is C12H13N3O. The van der Waals surface area contributed by atoms with Crippen LogP contribution in [0.4, 0.5) is 0 Å². The largest absolute Gasteiger partial charge is 0.290 e. The van der Waals surface area contributed by atoms with Crippen LogP contribution in [0.25, 0.3) is 0 Å². The van der Waals surface area contributed by atoms with Crippen molar-refractivity contribution in [3.8, 4) is 0 Å². The van der Waals surface area contributed by atoms with E-state index in [1.54, 1.807) is 30.3 Å². The Balaban J connectivity index is 2.74. The van der Waals surface area contributed by atoms with E-state index in [2.05, 4.69) is 22.0 Å². The Kier molecular flexibility index (Phi) is 4.66. The molecule has 1 amide bonds. The summed E-state index contributed by atoms with van der Waals surface area (Å²) >= 11 is 0. The van der Waals surface area contributed by atoms with Gasteiger partial charge in [-0.15, -0.1) is 0 Å². The third-order valence-corrected chi connectivity index (χ3v) is 1.76. The van der Waals surface area contributed by atoms with Gasteiger partial charge in [0.2, 0.25) is 5.96 Å². The molecule has 4 heteroatoms. The summed E-state index contributed by atoms with van der Waals surface area (Å²) in [5.41, 5.74) is 0.555. The number of allylic oxidation sites excluding steroid dienone is 1. The van der Waals surface area contributed by atoms with Crippen LogP contribution in [0, 0.1) is 0 Å². The van der Waals surface area contributed by atoms with Crippen molar-refractivity contribution in [3.05, 3.63) is 48.2 Å². The minimum absolute atomic E-state index is 0.187. The lowest BCUT2D eigenvalue weighted by atomic mass is 10.2. The van der Waals surface area contributed by atoms with E-state index in [1.807, 2.05) is 13.0 Å². The maximum atomic E-state index is 11.7. The topological polar surface area (TPSA) is 53.8 Å². The average molecular weight is 215 g/mol. The molecule has 0 aliphatic rings. The molecule has 0 saturated heterocycles. The first kappa shape index (κ1) is 11.8. The molecule has 0 aliphatic carbocycles. The van der Waals surface area contributed by atoms with Gasteiger partial charge >= 0.3 is 0 Å². The Morgan fingerprint density at radius 1 is 1.38 bits per heavy atom. The Labute approximate surface area is 94.4 Å². The van der Waals surface area contributed by atoms with Crippen LogP contribution in [0.5, 0.6) is 0 Å². The van der Waals surface area contributed by atoms with Gasteiger partial charge in [0, 0.05) is 11.8 Å². The van der Waals surface area contributed by atoms with Gasteiger partial charge in [-0.05, 0) is 25.8 Å². The van der Waals surface area contributed by atoms with Gasteiger partial charge < -0.3 is 0 Å². The van der Waals surface area contributed by atoms with Crippen molar-refractivity contribution in [2.45, 2.75) is 6.92 Å². The molecule has 0 aliphatic heterocycles. The second kappa shape index (κ2) is 6.29. The van der Waals surface area contributed by atoms with E-state index in [0.29, 0.717) is 5.56 Å². The molecule has 16 heavy (non-hydrogen) atoms. The smallest absolute Gasteiger partial charge is 0.258 e. The fourth-order valence-electron chi connectivity index (χ4n) is 1.02. The number of rotatable bonds is 2. The quantitative estimate of drug-likeness (QED) is 0.595. The van der Waals surface area contributed by atoms with Gasteiger partial charge in [0.1, 0.15) is 0 Å². The summed E-state index contributed by atoms with van der Waals surface area (Å²) in [5.74, 6) is -0.0665. The number of carbonyl (C=O) groups is 1. The van der Waals surface area contributed by atoms with Crippen LogP contribution < -0.4 is 5.32 Å². The first-order valence-electron chi connectivity index (χ1n) is 4.80. The molecule has 0 unspecified atom stereocenters. The van der Waals surface area contributed by atoms with Crippen molar-refractivity contribution >= 4 is 18.6 Å². The first-order chi connectivity index (χ1) is 7.77. The molecule has 0 saturated carbocycles. The fraction of sp³-hybridized carbons (Fsp3) is 0.0833. The summed E-state index contributed by atoms with van der Waals surface area (Å²) in [5, 5.41) is 2.55. The fourth-order valence-corrected chi connectivity index (χ4v) is 1.02. The number of benzene rings is 1. The molecule has 0 aromatic heterocycles. The van der Waals surface area contributed by atoms with E-state index in [1.165, 1.54) is 6.20 Å². The Hall–Kier alpha value is -2.23. The predicted molar refractivity (Wildman–Crippen MR) is 65.7 cm³/mol. The van der Waals surface area contributed by atoms with E-state index < -0.39 is 0 Å². The summed E-state index contributed by atoms with van der Waals surface area (Å²) in [6.07, 6.45) is 3.27. The zero-order valence-corrected chi connectivity index (χ0v) is 9.05. The minimum atomic E-state index is -0.253. The molecule has 4 nitrogen and oxygen atoms in total. The van der Waals surface area contributed by atoms with E-state index in [0.717, 1.165) is 0 Å². The average Bonchev–Trinajstić information content (AvgIpc) is 2.35. The molecule has 0 fully saturated rings. The Bertz CT molecular complexity index is 421.